The van der Waals surface area contributed by atoms with Gasteiger partial charge in [0, 0.05) is 43.1 Å². The van der Waals surface area contributed by atoms with E-state index in [0.717, 1.165) is 52.3 Å². The molecule has 2 saturated heterocycles. The highest BCUT2D eigenvalue weighted by molar-refractivity contribution is 7.80. The summed E-state index contributed by atoms with van der Waals surface area (Å²) in [5.74, 6) is 0.773. The molecule has 0 saturated carbocycles. The van der Waals surface area contributed by atoms with E-state index in [4.69, 9.17) is 23.8 Å². The molecule has 0 bridgehead atoms. The Bertz CT molecular complexity index is 1380. The van der Waals surface area contributed by atoms with Gasteiger partial charge in [0.1, 0.15) is 0 Å². The lowest BCUT2D eigenvalue weighted by atomic mass is 9.98. The topological polar surface area (TPSA) is 36.3 Å². The monoisotopic (exact) mass is 527 g/mol. The summed E-state index contributed by atoms with van der Waals surface area (Å²) in [5, 5.41) is 4.98. The average molecular weight is 528 g/mol. The summed E-state index contributed by atoms with van der Waals surface area (Å²) >= 11 is 12.8. The van der Waals surface area contributed by atoms with Gasteiger partial charge in [-0.05, 0) is 85.1 Å². The molecule has 2 fully saturated rings. The Labute approximate surface area is 228 Å². The third kappa shape index (κ3) is 4.72. The summed E-state index contributed by atoms with van der Waals surface area (Å²) in [6, 6.07) is 24.7. The molecule has 37 heavy (non-hydrogen) atoms. The molecule has 188 valence electrons. The predicted octanol–water partition coefficient (Wildman–Crippen LogP) is 6.94. The van der Waals surface area contributed by atoms with E-state index in [0.29, 0.717) is 5.11 Å². The van der Waals surface area contributed by atoms with Crippen LogP contribution >= 0.6 is 23.8 Å². The van der Waals surface area contributed by atoms with Crippen LogP contribution in [-0.2, 0) is 0 Å². The van der Waals surface area contributed by atoms with Crippen molar-refractivity contribution in [3.05, 3.63) is 108 Å². The predicted molar refractivity (Wildman–Crippen MR) is 156 cm³/mol. The Morgan fingerprint density at radius 2 is 1.73 bits per heavy atom. The minimum Gasteiger partial charge on any atom is -0.370 e. The van der Waals surface area contributed by atoms with Crippen LogP contribution in [0.25, 0.3) is 5.69 Å². The molecule has 0 amide bonds. The lowest BCUT2D eigenvalue weighted by Gasteiger charge is -2.33. The lowest BCUT2D eigenvalue weighted by molar-refractivity contribution is 0.438. The second kappa shape index (κ2) is 10.2. The minimum atomic E-state index is -0.0950. The van der Waals surface area contributed by atoms with Crippen molar-refractivity contribution >= 4 is 40.3 Å². The molecular formula is C30H30ClN5S. The number of anilines is 2. The van der Waals surface area contributed by atoms with Gasteiger partial charge in [0.15, 0.2) is 5.11 Å². The van der Waals surface area contributed by atoms with Crippen molar-refractivity contribution in [3.8, 4) is 5.69 Å². The second-order valence-electron chi connectivity index (χ2n) is 9.99. The number of piperidine rings is 1. The number of nitrogens with one attached hydrogen (secondary N) is 1. The Morgan fingerprint density at radius 3 is 2.46 bits per heavy atom. The van der Waals surface area contributed by atoms with Crippen molar-refractivity contribution in [3.63, 3.8) is 0 Å². The zero-order valence-corrected chi connectivity index (χ0v) is 22.4. The molecule has 1 N–H and O–H groups in total. The van der Waals surface area contributed by atoms with E-state index in [9.17, 15) is 0 Å². The molecule has 2 aromatic heterocycles. The van der Waals surface area contributed by atoms with Crippen LogP contribution in [0.15, 0.2) is 91.4 Å². The van der Waals surface area contributed by atoms with Crippen LogP contribution in [0.2, 0.25) is 5.02 Å². The van der Waals surface area contributed by atoms with Crippen LogP contribution < -0.4 is 15.1 Å². The van der Waals surface area contributed by atoms with E-state index in [1.54, 1.807) is 0 Å². The Morgan fingerprint density at radius 1 is 0.946 bits per heavy atom. The molecule has 0 radical (unpaired) electrons. The van der Waals surface area contributed by atoms with Crippen LogP contribution in [0.4, 0.5) is 11.4 Å². The molecule has 4 aromatic rings. The molecule has 7 heteroatoms. The van der Waals surface area contributed by atoms with Crippen LogP contribution in [0.1, 0.15) is 43.1 Å². The Hall–Kier alpha value is -3.35. The summed E-state index contributed by atoms with van der Waals surface area (Å²) in [6.45, 7) is 4.41. The molecule has 0 aliphatic carbocycles. The van der Waals surface area contributed by atoms with E-state index in [1.807, 2.05) is 24.4 Å². The number of nitrogens with zero attached hydrogens (tertiary/aromatic N) is 4. The molecule has 2 aliphatic rings. The highest BCUT2D eigenvalue weighted by Gasteiger charge is 2.41. The van der Waals surface area contributed by atoms with E-state index in [-0.39, 0.29) is 12.1 Å². The molecule has 2 atom stereocenters. The summed E-state index contributed by atoms with van der Waals surface area (Å²) in [6.07, 6.45) is 8.52. The van der Waals surface area contributed by atoms with Gasteiger partial charge >= 0.3 is 0 Å². The van der Waals surface area contributed by atoms with E-state index < -0.39 is 0 Å². The first-order valence-electron chi connectivity index (χ1n) is 12.9. The first-order valence-corrected chi connectivity index (χ1v) is 13.7. The number of halogens is 1. The molecule has 2 aliphatic heterocycles. The van der Waals surface area contributed by atoms with Crippen molar-refractivity contribution in [1.82, 2.24) is 14.9 Å². The van der Waals surface area contributed by atoms with Crippen molar-refractivity contribution < 1.29 is 0 Å². The first-order chi connectivity index (χ1) is 18.1. The molecule has 6 rings (SSSR count). The van der Waals surface area contributed by atoms with Gasteiger partial charge in [-0.2, -0.15) is 0 Å². The summed E-state index contributed by atoms with van der Waals surface area (Å²) in [5.41, 5.74) is 5.30. The first kappa shape index (κ1) is 24.0. The van der Waals surface area contributed by atoms with Gasteiger partial charge in [0.2, 0.25) is 0 Å². The van der Waals surface area contributed by atoms with Crippen molar-refractivity contribution in [2.24, 2.45) is 5.92 Å². The molecule has 4 heterocycles. The molecule has 5 nitrogen and oxygen atoms in total. The largest absolute Gasteiger partial charge is 0.370 e. The quantitative estimate of drug-likeness (QED) is 0.284. The molecule has 2 unspecified atom stereocenters. The number of benzene rings is 2. The molecule has 2 aromatic carbocycles. The Balaban J connectivity index is 1.38. The van der Waals surface area contributed by atoms with Crippen molar-refractivity contribution in [2.45, 2.75) is 31.8 Å². The fourth-order valence-electron chi connectivity index (χ4n) is 5.47. The van der Waals surface area contributed by atoms with Crippen LogP contribution in [0.5, 0.6) is 0 Å². The van der Waals surface area contributed by atoms with E-state index >= 15 is 0 Å². The second-order valence-corrected chi connectivity index (χ2v) is 10.8. The smallest absolute Gasteiger partial charge is 0.174 e. The van der Waals surface area contributed by atoms with Crippen molar-refractivity contribution in [2.75, 3.05) is 22.9 Å². The summed E-state index contributed by atoms with van der Waals surface area (Å²) in [4.78, 5) is 9.27. The maximum absolute atomic E-state index is 6.91. The number of para-hydroxylation sites is 1. The average Bonchev–Trinajstić information content (AvgIpc) is 3.55. The van der Waals surface area contributed by atoms with Gasteiger partial charge in [-0.3, -0.25) is 4.98 Å². The lowest BCUT2D eigenvalue weighted by Crippen LogP contribution is -2.33. The maximum Gasteiger partial charge on any atom is 0.174 e. The highest BCUT2D eigenvalue weighted by Crippen LogP contribution is 2.43. The highest BCUT2D eigenvalue weighted by atomic mass is 35.5. The van der Waals surface area contributed by atoms with Gasteiger partial charge in [0.25, 0.3) is 0 Å². The number of pyridine rings is 1. The number of hydrogen-bond donors (Lipinski definition) is 1. The number of aromatic nitrogens is 2. The normalized spacial score (nSPS) is 20.3. The van der Waals surface area contributed by atoms with E-state index in [1.165, 1.54) is 12.8 Å². The van der Waals surface area contributed by atoms with Gasteiger partial charge in [0.05, 0.1) is 28.5 Å². The SMILES string of the molecule is CC1CCN(c2ccc(N3C(=S)NC(c4ccccn4)C3c3ccn(-c4ccccc4)c3)cc2Cl)CC1. The van der Waals surface area contributed by atoms with Crippen molar-refractivity contribution in [1.29, 1.82) is 0 Å². The summed E-state index contributed by atoms with van der Waals surface area (Å²) < 4.78 is 2.15. The fourth-order valence-corrected chi connectivity index (χ4v) is 6.11. The number of hydrogen-bond acceptors (Lipinski definition) is 3. The van der Waals surface area contributed by atoms with Gasteiger partial charge < -0.3 is 19.7 Å². The Kier molecular flexibility index (Phi) is 6.61. The third-order valence-electron chi connectivity index (χ3n) is 7.54. The van der Waals surface area contributed by atoms with Gasteiger partial charge in [-0.25, -0.2) is 0 Å². The fraction of sp³-hybridized carbons (Fsp3) is 0.267. The van der Waals surface area contributed by atoms with Crippen LogP contribution in [0.3, 0.4) is 0 Å². The maximum atomic E-state index is 6.91. The molecular weight excluding hydrogens is 498 g/mol. The van der Waals surface area contributed by atoms with Crippen LogP contribution in [0, 0.1) is 5.92 Å². The summed E-state index contributed by atoms with van der Waals surface area (Å²) in [7, 11) is 0. The minimum absolute atomic E-state index is 0.0786. The van der Waals surface area contributed by atoms with Crippen LogP contribution in [-0.4, -0.2) is 27.8 Å². The van der Waals surface area contributed by atoms with Gasteiger partial charge in [-0.15, -0.1) is 0 Å². The zero-order valence-electron chi connectivity index (χ0n) is 20.8. The number of rotatable bonds is 5. The zero-order chi connectivity index (χ0) is 25.4. The molecule has 0 spiro atoms. The van der Waals surface area contributed by atoms with Gasteiger partial charge in [-0.1, -0.05) is 42.8 Å². The number of thiocarbonyl (C=S) groups is 1. The third-order valence-corrected chi connectivity index (χ3v) is 8.16. The van der Waals surface area contributed by atoms with E-state index in [2.05, 4.69) is 98.6 Å². The standard InChI is InChI=1S/C30H30ClN5S/c1-21-12-16-34(17-13-21)27-11-10-24(19-25(27)31)36-29(28(33-30(36)37)26-9-5-6-15-32-26)22-14-18-35(20-22)23-7-3-2-4-8-23/h2-11,14-15,18-21,28-29H,12-13,16-17H2,1H3,(H,33,37).